The molecule has 30 heavy (non-hydrogen) atoms. The molecule has 0 aliphatic carbocycles. The first-order chi connectivity index (χ1) is 14.4. The zero-order valence-corrected chi connectivity index (χ0v) is 17.6. The standard InChI is InChI=1S/C22H20N2O4S2/c1-2-18-17-23(29(25,26)19-11-5-3-6-12-19)21-15-9-10-16-22(21)24(18)30(27,28)20-13-7-4-8-14-20/h2-16,18H,1,17H2/t18-/m1/s1. The smallest absolute Gasteiger partial charge is 0.262 e. The summed E-state index contributed by atoms with van der Waals surface area (Å²) in [5, 5.41) is 0. The lowest BCUT2D eigenvalue weighted by atomic mass is 10.1. The van der Waals surface area contributed by atoms with E-state index >= 15 is 0 Å². The highest BCUT2D eigenvalue weighted by Crippen LogP contribution is 2.41. The summed E-state index contributed by atoms with van der Waals surface area (Å²) >= 11 is 0. The third-order valence-electron chi connectivity index (χ3n) is 4.95. The molecule has 0 bridgehead atoms. The third kappa shape index (κ3) is 3.28. The van der Waals surface area contributed by atoms with Crippen LogP contribution in [0, 0.1) is 0 Å². The van der Waals surface area contributed by atoms with E-state index in [4.69, 9.17) is 0 Å². The Morgan fingerprint density at radius 2 is 1.17 bits per heavy atom. The average molecular weight is 441 g/mol. The minimum absolute atomic E-state index is 0.0796. The molecule has 1 aliphatic rings. The highest BCUT2D eigenvalue weighted by Gasteiger charge is 2.41. The van der Waals surface area contributed by atoms with Crippen molar-refractivity contribution < 1.29 is 16.8 Å². The van der Waals surface area contributed by atoms with Crippen molar-refractivity contribution in [1.82, 2.24) is 0 Å². The molecule has 4 rings (SSSR count). The number of hydrogen-bond donors (Lipinski definition) is 0. The average Bonchev–Trinajstić information content (AvgIpc) is 2.79. The van der Waals surface area contributed by atoms with Gasteiger partial charge in [0.25, 0.3) is 20.0 Å². The summed E-state index contributed by atoms with van der Waals surface area (Å²) < 4.78 is 56.1. The number of rotatable bonds is 5. The van der Waals surface area contributed by atoms with Crippen LogP contribution in [-0.4, -0.2) is 29.4 Å². The largest absolute Gasteiger partial charge is 0.264 e. The maximum Gasteiger partial charge on any atom is 0.264 e. The molecule has 0 unspecified atom stereocenters. The molecule has 8 heteroatoms. The first-order valence-corrected chi connectivity index (χ1v) is 12.1. The van der Waals surface area contributed by atoms with Gasteiger partial charge in [0, 0.05) is 0 Å². The van der Waals surface area contributed by atoms with Crippen molar-refractivity contribution in [1.29, 1.82) is 0 Å². The zero-order valence-electron chi connectivity index (χ0n) is 16.0. The molecule has 0 amide bonds. The Kier molecular flexibility index (Phi) is 5.13. The second kappa shape index (κ2) is 7.62. The van der Waals surface area contributed by atoms with Gasteiger partial charge in [-0.2, -0.15) is 0 Å². The molecule has 0 spiro atoms. The molecule has 1 atom stereocenters. The van der Waals surface area contributed by atoms with Gasteiger partial charge < -0.3 is 0 Å². The molecule has 1 heterocycles. The van der Waals surface area contributed by atoms with E-state index in [-0.39, 0.29) is 22.0 Å². The van der Waals surface area contributed by atoms with Crippen LogP contribution < -0.4 is 8.61 Å². The lowest BCUT2D eigenvalue weighted by Crippen LogP contribution is -2.52. The Morgan fingerprint density at radius 1 is 0.700 bits per heavy atom. The van der Waals surface area contributed by atoms with Crippen molar-refractivity contribution >= 4 is 31.4 Å². The van der Waals surface area contributed by atoms with Crippen LogP contribution in [0.5, 0.6) is 0 Å². The van der Waals surface area contributed by atoms with E-state index in [2.05, 4.69) is 6.58 Å². The normalized spacial score (nSPS) is 16.7. The summed E-state index contributed by atoms with van der Waals surface area (Å²) in [6, 6.07) is 22.0. The molecule has 0 saturated carbocycles. The molecule has 0 radical (unpaired) electrons. The quantitative estimate of drug-likeness (QED) is 0.568. The summed E-state index contributed by atoms with van der Waals surface area (Å²) in [5.74, 6) is 0. The van der Waals surface area contributed by atoms with E-state index in [9.17, 15) is 16.8 Å². The molecular formula is C22H20N2O4S2. The van der Waals surface area contributed by atoms with Gasteiger partial charge in [-0.15, -0.1) is 6.58 Å². The lowest BCUT2D eigenvalue weighted by Gasteiger charge is -2.41. The summed E-state index contributed by atoms with van der Waals surface area (Å²) in [6.45, 7) is 3.70. The maximum atomic E-state index is 13.5. The third-order valence-corrected chi connectivity index (χ3v) is 8.59. The minimum atomic E-state index is -3.93. The van der Waals surface area contributed by atoms with Gasteiger partial charge in [0.2, 0.25) is 0 Å². The summed E-state index contributed by atoms with van der Waals surface area (Å²) in [6.07, 6.45) is 1.46. The van der Waals surface area contributed by atoms with Gasteiger partial charge in [0.05, 0.1) is 33.8 Å². The van der Waals surface area contributed by atoms with E-state index in [1.165, 1.54) is 39.0 Å². The van der Waals surface area contributed by atoms with Gasteiger partial charge in [-0.25, -0.2) is 16.8 Å². The van der Waals surface area contributed by atoms with Crippen LogP contribution >= 0.6 is 0 Å². The molecule has 0 N–H and O–H groups in total. The molecule has 1 aliphatic heterocycles. The van der Waals surface area contributed by atoms with Crippen molar-refractivity contribution in [3.63, 3.8) is 0 Å². The molecular weight excluding hydrogens is 420 g/mol. The van der Waals surface area contributed by atoms with E-state index in [0.29, 0.717) is 5.69 Å². The Hall–Kier alpha value is -3.10. The van der Waals surface area contributed by atoms with Gasteiger partial charge in [-0.1, -0.05) is 54.6 Å². The van der Waals surface area contributed by atoms with E-state index in [0.717, 1.165) is 0 Å². The van der Waals surface area contributed by atoms with Crippen LogP contribution in [0.4, 0.5) is 11.4 Å². The number of sulfonamides is 2. The molecule has 3 aromatic carbocycles. The number of fused-ring (bicyclic) bond motifs is 1. The van der Waals surface area contributed by atoms with Gasteiger partial charge >= 0.3 is 0 Å². The SMILES string of the molecule is C=C[C@@H]1CN(S(=O)(=O)c2ccccc2)c2ccccc2N1S(=O)(=O)c1ccccc1. The van der Waals surface area contributed by atoms with Crippen molar-refractivity contribution in [2.45, 2.75) is 15.8 Å². The first kappa shape index (κ1) is 20.2. The van der Waals surface area contributed by atoms with Crippen LogP contribution in [0.25, 0.3) is 0 Å². The summed E-state index contributed by atoms with van der Waals surface area (Å²) in [5.41, 5.74) is 0.593. The number of para-hydroxylation sites is 2. The van der Waals surface area contributed by atoms with E-state index < -0.39 is 26.1 Å². The topological polar surface area (TPSA) is 74.8 Å². The van der Waals surface area contributed by atoms with E-state index in [1.807, 2.05) is 0 Å². The second-order valence-electron chi connectivity index (χ2n) is 6.75. The van der Waals surface area contributed by atoms with Crippen molar-refractivity contribution in [3.8, 4) is 0 Å². The number of benzene rings is 3. The Labute approximate surface area is 176 Å². The Bertz CT molecular complexity index is 1270. The number of anilines is 2. The van der Waals surface area contributed by atoms with Crippen LogP contribution in [0.3, 0.4) is 0 Å². The van der Waals surface area contributed by atoms with Gasteiger partial charge in [0.1, 0.15) is 0 Å². The maximum absolute atomic E-state index is 13.5. The molecule has 154 valence electrons. The fourth-order valence-corrected chi connectivity index (χ4v) is 6.68. The fourth-order valence-electron chi connectivity index (χ4n) is 3.51. The predicted molar refractivity (Wildman–Crippen MR) is 118 cm³/mol. The van der Waals surface area contributed by atoms with Crippen LogP contribution in [0.15, 0.2) is 107 Å². The Morgan fingerprint density at radius 3 is 1.70 bits per heavy atom. The second-order valence-corrected chi connectivity index (χ2v) is 10.4. The van der Waals surface area contributed by atoms with Crippen LogP contribution in [0.1, 0.15) is 0 Å². The van der Waals surface area contributed by atoms with Crippen LogP contribution in [-0.2, 0) is 20.0 Å². The number of nitrogens with zero attached hydrogens (tertiary/aromatic N) is 2. The van der Waals surface area contributed by atoms with Gasteiger partial charge in [-0.05, 0) is 36.4 Å². The van der Waals surface area contributed by atoms with Gasteiger partial charge in [-0.3, -0.25) is 8.61 Å². The summed E-state index contributed by atoms with van der Waals surface area (Å²) in [7, 11) is -7.82. The fraction of sp³-hybridized carbons (Fsp3) is 0.0909. The molecule has 0 saturated heterocycles. The van der Waals surface area contributed by atoms with E-state index in [1.54, 1.807) is 60.7 Å². The highest BCUT2D eigenvalue weighted by molar-refractivity contribution is 7.93. The zero-order chi connectivity index (χ0) is 21.4. The monoisotopic (exact) mass is 440 g/mol. The van der Waals surface area contributed by atoms with Crippen molar-refractivity contribution in [3.05, 3.63) is 97.6 Å². The molecule has 3 aromatic rings. The molecule has 6 nitrogen and oxygen atoms in total. The van der Waals surface area contributed by atoms with Crippen molar-refractivity contribution in [2.24, 2.45) is 0 Å². The molecule has 0 aromatic heterocycles. The van der Waals surface area contributed by atoms with Gasteiger partial charge in [0.15, 0.2) is 0 Å². The first-order valence-electron chi connectivity index (χ1n) is 9.26. The van der Waals surface area contributed by atoms with Crippen molar-refractivity contribution in [2.75, 3.05) is 15.2 Å². The summed E-state index contributed by atoms with van der Waals surface area (Å²) in [4.78, 5) is 0.271. The predicted octanol–water partition coefficient (Wildman–Crippen LogP) is 3.65. The lowest BCUT2D eigenvalue weighted by molar-refractivity contribution is 0.573. The Balaban J connectivity index is 1.90. The molecule has 0 fully saturated rings. The minimum Gasteiger partial charge on any atom is -0.262 e. The number of hydrogen-bond acceptors (Lipinski definition) is 4. The highest BCUT2D eigenvalue weighted by atomic mass is 32.2. The van der Waals surface area contributed by atoms with Crippen LogP contribution in [0.2, 0.25) is 0 Å².